The molecule has 0 spiro atoms. The van der Waals surface area contributed by atoms with Crippen LogP contribution < -0.4 is 5.32 Å². The van der Waals surface area contributed by atoms with Gasteiger partial charge in [0.1, 0.15) is 0 Å². The Bertz CT molecular complexity index is 999. The summed E-state index contributed by atoms with van der Waals surface area (Å²) in [5, 5.41) is 9.37. The highest BCUT2D eigenvalue weighted by molar-refractivity contribution is 6.30. The molecule has 6 nitrogen and oxygen atoms in total. The zero-order valence-electron chi connectivity index (χ0n) is 16.1. The molecular weight excluding hydrogens is 374 g/mol. The molecule has 1 N–H and O–H groups in total. The van der Waals surface area contributed by atoms with Gasteiger partial charge in [-0.15, -0.1) is 0 Å². The first-order chi connectivity index (χ1) is 13.5. The first-order valence-corrected chi connectivity index (χ1v) is 9.99. The van der Waals surface area contributed by atoms with Crippen molar-refractivity contribution in [3.8, 4) is 0 Å². The summed E-state index contributed by atoms with van der Waals surface area (Å²) in [6, 6.07) is 9.55. The molecule has 1 unspecified atom stereocenters. The fourth-order valence-corrected chi connectivity index (χ4v) is 3.89. The largest absolute Gasteiger partial charge is 0.329 e. The molecule has 1 aliphatic rings. The number of nitrogens with one attached hydrogen (secondary N) is 1. The van der Waals surface area contributed by atoms with Crippen molar-refractivity contribution >= 4 is 28.5 Å². The lowest BCUT2D eigenvalue weighted by atomic mass is 10.0. The highest BCUT2D eigenvalue weighted by Crippen LogP contribution is 2.27. The number of pyridine rings is 1. The monoisotopic (exact) mass is 397 g/mol. The Balaban J connectivity index is 1.63. The Morgan fingerprint density at radius 3 is 2.96 bits per heavy atom. The van der Waals surface area contributed by atoms with Gasteiger partial charge in [0, 0.05) is 42.8 Å². The van der Waals surface area contributed by atoms with Gasteiger partial charge >= 0.3 is 0 Å². The summed E-state index contributed by atoms with van der Waals surface area (Å²) in [4.78, 5) is 19.7. The van der Waals surface area contributed by atoms with Crippen LogP contribution in [0.2, 0.25) is 5.02 Å². The zero-order chi connectivity index (χ0) is 19.7. The summed E-state index contributed by atoms with van der Waals surface area (Å²) in [6.45, 7) is 7.20. The van der Waals surface area contributed by atoms with E-state index in [1.807, 2.05) is 39.9 Å². The van der Waals surface area contributed by atoms with Gasteiger partial charge in [-0.05, 0) is 29.7 Å². The van der Waals surface area contributed by atoms with Crippen molar-refractivity contribution in [2.75, 3.05) is 19.6 Å². The highest BCUT2D eigenvalue weighted by Gasteiger charge is 2.29. The van der Waals surface area contributed by atoms with E-state index in [2.05, 4.69) is 29.2 Å². The fraction of sp³-hybridized carbons (Fsp3) is 0.381. The number of rotatable bonds is 4. The Kier molecular flexibility index (Phi) is 5.33. The van der Waals surface area contributed by atoms with Crippen molar-refractivity contribution in [2.45, 2.75) is 26.4 Å². The predicted molar refractivity (Wildman–Crippen MR) is 110 cm³/mol. The number of fused-ring (bicyclic) bond motifs is 1. The van der Waals surface area contributed by atoms with Crippen LogP contribution >= 0.6 is 11.6 Å². The van der Waals surface area contributed by atoms with Crippen LogP contribution in [0.5, 0.6) is 0 Å². The normalized spacial score (nSPS) is 17.4. The van der Waals surface area contributed by atoms with Crippen LogP contribution in [-0.4, -0.2) is 45.2 Å². The first kappa shape index (κ1) is 18.9. The molecule has 1 fully saturated rings. The summed E-state index contributed by atoms with van der Waals surface area (Å²) in [5.74, 6) is 0.461. The molecule has 0 saturated carbocycles. The van der Waals surface area contributed by atoms with E-state index in [0.717, 1.165) is 29.7 Å². The summed E-state index contributed by atoms with van der Waals surface area (Å²) in [7, 11) is 0. The van der Waals surface area contributed by atoms with Crippen LogP contribution in [0.3, 0.4) is 0 Å². The van der Waals surface area contributed by atoms with E-state index in [-0.39, 0.29) is 11.9 Å². The second-order valence-corrected chi connectivity index (χ2v) is 8.07. The van der Waals surface area contributed by atoms with Crippen molar-refractivity contribution in [1.29, 1.82) is 0 Å². The summed E-state index contributed by atoms with van der Waals surface area (Å²) in [6.07, 6.45) is 3.45. The molecule has 3 aromatic rings. The number of piperazine rings is 1. The van der Waals surface area contributed by atoms with Crippen LogP contribution in [0.4, 0.5) is 0 Å². The van der Waals surface area contributed by atoms with Crippen molar-refractivity contribution in [1.82, 2.24) is 25.0 Å². The first-order valence-electron chi connectivity index (χ1n) is 9.61. The van der Waals surface area contributed by atoms with Gasteiger partial charge in [0.05, 0.1) is 17.8 Å². The molecule has 146 valence electrons. The van der Waals surface area contributed by atoms with Crippen molar-refractivity contribution < 1.29 is 4.79 Å². The molecule has 7 heteroatoms. The number of hydrogen-bond acceptors (Lipinski definition) is 4. The van der Waals surface area contributed by atoms with Gasteiger partial charge in [-0.3, -0.25) is 4.79 Å². The third-order valence-corrected chi connectivity index (χ3v) is 5.23. The van der Waals surface area contributed by atoms with E-state index in [1.54, 1.807) is 12.4 Å². The molecule has 0 radical (unpaired) electrons. The number of carbonyl (C=O) groups is 1. The van der Waals surface area contributed by atoms with E-state index in [4.69, 9.17) is 11.6 Å². The SMILES string of the molecule is CC(C)Cn1ncc2cc(C(=O)N3CCNCC3c3cccc(Cl)c3)cnc21. The van der Waals surface area contributed by atoms with E-state index < -0.39 is 0 Å². The standard InChI is InChI=1S/C21H24ClN5O/c1-14(2)13-27-20-16(11-25-27)8-17(10-24-20)21(28)26-7-6-23-12-19(26)15-4-3-5-18(22)9-15/h3-5,8-11,14,19,23H,6-7,12-13H2,1-2H3. The smallest absolute Gasteiger partial charge is 0.256 e. The fourth-order valence-electron chi connectivity index (χ4n) is 3.69. The van der Waals surface area contributed by atoms with Gasteiger partial charge in [0.15, 0.2) is 5.65 Å². The number of amides is 1. The molecule has 1 aliphatic heterocycles. The lowest BCUT2D eigenvalue weighted by molar-refractivity contribution is 0.0634. The minimum Gasteiger partial charge on any atom is -0.329 e. The Labute approximate surface area is 169 Å². The maximum absolute atomic E-state index is 13.3. The molecule has 1 amide bonds. The molecule has 3 heterocycles. The van der Waals surface area contributed by atoms with Crippen molar-refractivity contribution in [3.63, 3.8) is 0 Å². The van der Waals surface area contributed by atoms with Crippen molar-refractivity contribution in [2.24, 2.45) is 5.92 Å². The molecule has 1 aromatic carbocycles. The molecule has 4 rings (SSSR count). The molecule has 1 atom stereocenters. The minimum atomic E-state index is -0.0562. The number of carbonyl (C=O) groups excluding carboxylic acids is 1. The lowest BCUT2D eigenvalue weighted by Crippen LogP contribution is -2.48. The Morgan fingerprint density at radius 2 is 2.18 bits per heavy atom. The lowest BCUT2D eigenvalue weighted by Gasteiger charge is -2.36. The van der Waals surface area contributed by atoms with E-state index in [0.29, 0.717) is 29.6 Å². The number of nitrogens with zero attached hydrogens (tertiary/aromatic N) is 4. The maximum atomic E-state index is 13.3. The number of hydrogen-bond donors (Lipinski definition) is 1. The highest BCUT2D eigenvalue weighted by atomic mass is 35.5. The van der Waals surface area contributed by atoms with Crippen LogP contribution in [0.15, 0.2) is 42.7 Å². The Hall–Kier alpha value is -2.44. The molecule has 0 aliphatic carbocycles. The average Bonchev–Trinajstić information content (AvgIpc) is 3.09. The van der Waals surface area contributed by atoms with Crippen LogP contribution in [0.25, 0.3) is 11.0 Å². The van der Waals surface area contributed by atoms with Gasteiger partial charge in [-0.2, -0.15) is 5.10 Å². The van der Waals surface area contributed by atoms with E-state index >= 15 is 0 Å². The third kappa shape index (κ3) is 3.75. The summed E-state index contributed by atoms with van der Waals surface area (Å²) < 4.78 is 1.90. The van der Waals surface area contributed by atoms with E-state index in [1.165, 1.54) is 0 Å². The van der Waals surface area contributed by atoms with Crippen LogP contribution in [-0.2, 0) is 6.54 Å². The Morgan fingerprint density at radius 1 is 1.32 bits per heavy atom. The van der Waals surface area contributed by atoms with Gasteiger partial charge in [0.2, 0.25) is 0 Å². The second kappa shape index (κ2) is 7.89. The predicted octanol–water partition coefficient (Wildman–Crippen LogP) is 3.53. The van der Waals surface area contributed by atoms with Crippen LogP contribution in [0.1, 0.15) is 35.8 Å². The summed E-state index contributed by atoms with van der Waals surface area (Å²) >= 11 is 6.17. The summed E-state index contributed by atoms with van der Waals surface area (Å²) in [5.41, 5.74) is 2.44. The average molecular weight is 398 g/mol. The number of benzene rings is 1. The molecule has 1 saturated heterocycles. The number of halogens is 1. The van der Waals surface area contributed by atoms with Gasteiger partial charge < -0.3 is 10.2 Å². The molecule has 0 bridgehead atoms. The van der Waals surface area contributed by atoms with E-state index in [9.17, 15) is 4.79 Å². The zero-order valence-corrected chi connectivity index (χ0v) is 16.9. The second-order valence-electron chi connectivity index (χ2n) is 7.63. The molecule has 28 heavy (non-hydrogen) atoms. The van der Waals surface area contributed by atoms with Gasteiger partial charge in [-0.1, -0.05) is 37.6 Å². The van der Waals surface area contributed by atoms with Gasteiger partial charge in [0.25, 0.3) is 5.91 Å². The quantitative estimate of drug-likeness (QED) is 0.731. The molecule has 2 aromatic heterocycles. The minimum absolute atomic E-state index is 0.0162. The van der Waals surface area contributed by atoms with Gasteiger partial charge in [-0.25, -0.2) is 9.67 Å². The topological polar surface area (TPSA) is 63.1 Å². The number of aromatic nitrogens is 3. The molecular formula is C21H24ClN5O. The third-order valence-electron chi connectivity index (χ3n) is 5.00. The van der Waals surface area contributed by atoms with Crippen molar-refractivity contribution in [3.05, 3.63) is 58.9 Å². The van der Waals surface area contributed by atoms with Crippen LogP contribution in [0, 0.1) is 5.92 Å². The maximum Gasteiger partial charge on any atom is 0.256 e.